The first-order chi connectivity index (χ1) is 11.5. The molecule has 0 aliphatic carbocycles. The molecule has 128 valence electrons. The summed E-state index contributed by atoms with van der Waals surface area (Å²) in [6.45, 7) is 2.76. The second kappa shape index (κ2) is 8.15. The Morgan fingerprint density at radius 2 is 1.83 bits per heavy atom. The highest BCUT2D eigenvalue weighted by atomic mass is 79.9. The molecule has 2 aromatic rings. The highest BCUT2D eigenvalue weighted by molar-refractivity contribution is 9.10. The van der Waals surface area contributed by atoms with Crippen LogP contribution in [0.5, 0.6) is 11.5 Å². The normalized spacial score (nSPS) is 10.4. The van der Waals surface area contributed by atoms with E-state index in [1.807, 2.05) is 19.1 Å². The van der Waals surface area contributed by atoms with Gasteiger partial charge in [0, 0.05) is 17.6 Å². The van der Waals surface area contributed by atoms with Crippen LogP contribution in [0, 0.1) is 5.82 Å². The zero-order valence-corrected chi connectivity index (χ0v) is 15.4. The third-order valence-corrected chi connectivity index (χ3v) is 4.34. The second-order valence-corrected chi connectivity index (χ2v) is 5.99. The number of carbonyl (C=O) groups is 1. The molecule has 2 aromatic carbocycles. The Morgan fingerprint density at radius 3 is 2.46 bits per heavy atom. The van der Waals surface area contributed by atoms with Gasteiger partial charge in [-0.1, -0.05) is 6.07 Å². The lowest BCUT2D eigenvalue weighted by Gasteiger charge is -2.22. The summed E-state index contributed by atoms with van der Waals surface area (Å²) in [7, 11) is 3.13. The van der Waals surface area contributed by atoms with Crippen molar-refractivity contribution in [3.8, 4) is 11.5 Å². The van der Waals surface area contributed by atoms with Gasteiger partial charge in [0.15, 0.2) is 11.5 Å². The van der Waals surface area contributed by atoms with Gasteiger partial charge in [-0.25, -0.2) is 4.39 Å². The summed E-state index contributed by atoms with van der Waals surface area (Å²) in [4.78, 5) is 14.3. The molecule has 0 saturated heterocycles. The number of ether oxygens (including phenoxy) is 2. The van der Waals surface area contributed by atoms with Crippen LogP contribution in [0.25, 0.3) is 0 Å². The summed E-state index contributed by atoms with van der Waals surface area (Å²) in [5, 5.41) is 0. The van der Waals surface area contributed by atoms with E-state index in [0.717, 1.165) is 5.56 Å². The van der Waals surface area contributed by atoms with Crippen LogP contribution in [-0.4, -0.2) is 31.6 Å². The molecular weight excluding hydrogens is 377 g/mol. The zero-order chi connectivity index (χ0) is 17.7. The molecule has 0 aliphatic rings. The van der Waals surface area contributed by atoms with Crippen molar-refractivity contribution in [3.05, 3.63) is 57.8 Å². The summed E-state index contributed by atoms with van der Waals surface area (Å²) in [5.74, 6) is 0.552. The fourth-order valence-corrected chi connectivity index (χ4v) is 2.77. The van der Waals surface area contributed by atoms with Gasteiger partial charge in [0.25, 0.3) is 5.91 Å². The van der Waals surface area contributed by atoms with Gasteiger partial charge < -0.3 is 14.4 Å². The first-order valence-electron chi connectivity index (χ1n) is 7.45. The number of methoxy groups -OCH3 is 2. The van der Waals surface area contributed by atoms with Gasteiger partial charge in [0.05, 0.1) is 19.8 Å². The SMILES string of the molecule is CCN(Cc1ccc(OC)c(OC)c1)C(=O)c1cc(F)ccc1Br. The minimum atomic E-state index is -0.441. The molecule has 2 rings (SSSR count). The van der Waals surface area contributed by atoms with E-state index in [-0.39, 0.29) is 5.91 Å². The molecule has 0 bridgehead atoms. The summed E-state index contributed by atoms with van der Waals surface area (Å²) in [6, 6.07) is 9.58. The van der Waals surface area contributed by atoms with Crippen LogP contribution in [0.3, 0.4) is 0 Å². The third kappa shape index (κ3) is 4.06. The molecule has 1 amide bonds. The van der Waals surface area contributed by atoms with Crippen molar-refractivity contribution in [2.45, 2.75) is 13.5 Å². The molecule has 0 radical (unpaired) electrons. The van der Waals surface area contributed by atoms with Crippen LogP contribution >= 0.6 is 15.9 Å². The van der Waals surface area contributed by atoms with Crippen LogP contribution in [0.15, 0.2) is 40.9 Å². The molecule has 0 unspecified atom stereocenters. The lowest BCUT2D eigenvalue weighted by molar-refractivity contribution is 0.0751. The van der Waals surface area contributed by atoms with Crippen LogP contribution < -0.4 is 9.47 Å². The highest BCUT2D eigenvalue weighted by Gasteiger charge is 2.18. The van der Waals surface area contributed by atoms with E-state index in [1.165, 1.54) is 18.2 Å². The molecular formula is C18H19BrFNO3. The Balaban J connectivity index is 2.26. The summed E-state index contributed by atoms with van der Waals surface area (Å²) < 4.78 is 24.5. The maximum Gasteiger partial charge on any atom is 0.255 e. The molecule has 24 heavy (non-hydrogen) atoms. The number of hydrogen-bond donors (Lipinski definition) is 0. The monoisotopic (exact) mass is 395 g/mol. The maximum absolute atomic E-state index is 13.5. The number of rotatable bonds is 6. The Labute approximate surface area is 149 Å². The number of amides is 1. The fourth-order valence-electron chi connectivity index (χ4n) is 2.36. The molecule has 0 fully saturated rings. The van der Waals surface area contributed by atoms with Crippen LogP contribution in [0.1, 0.15) is 22.8 Å². The lowest BCUT2D eigenvalue weighted by atomic mass is 10.1. The summed E-state index contributed by atoms with van der Waals surface area (Å²) >= 11 is 3.30. The third-order valence-electron chi connectivity index (χ3n) is 3.65. The molecule has 0 N–H and O–H groups in total. The van der Waals surface area contributed by atoms with E-state index in [1.54, 1.807) is 25.2 Å². The molecule has 0 atom stereocenters. The predicted molar refractivity (Wildman–Crippen MR) is 94.1 cm³/mol. The molecule has 0 saturated carbocycles. The molecule has 0 heterocycles. The molecule has 4 nitrogen and oxygen atoms in total. The van der Waals surface area contributed by atoms with Gasteiger partial charge in [-0.05, 0) is 58.7 Å². The number of benzene rings is 2. The van der Waals surface area contributed by atoms with Crippen molar-refractivity contribution < 1.29 is 18.7 Å². The Bertz CT molecular complexity index is 736. The molecule has 0 spiro atoms. The number of hydrogen-bond acceptors (Lipinski definition) is 3. The van der Waals surface area contributed by atoms with E-state index < -0.39 is 5.82 Å². The van der Waals surface area contributed by atoms with E-state index in [2.05, 4.69) is 15.9 Å². The van der Waals surface area contributed by atoms with Crippen molar-refractivity contribution in [1.82, 2.24) is 4.90 Å². The average molecular weight is 396 g/mol. The quantitative estimate of drug-likeness (QED) is 0.732. The average Bonchev–Trinajstić information content (AvgIpc) is 2.60. The summed E-state index contributed by atoms with van der Waals surface area (Å²) in [5.41, 5.74) is 1.20. The lowest BCUT2D eigenvalue weighted by Crippen LogP contribution is -2.30. The minimum Gasteiger partial charge on any atom is -0.493 e. The smallest absolute Gasteiger partial charge is 0.255 e. The Hall–Kier alpha value is -2.08. The van der Waals surface area contributed by atoms with Gasteiger partial charge in [-0.15, -0.1) is 0 Å². The number of halogens is 2. The molecule has 0 aliphatic heterocycles. The van der Waals surface area contributed by atoms with Crippen molar-refractivity contribution in [3.63, 3.8) is 0 Å². The fraction of sp³-hybridized carbons (Fsp3) is 0.278. The van der Waals surface area contributed by atoms with E-state index in [0.29, 0.717) is 34.6 Å². The standard InChI is InChI=1S/C18H19BrFNO3/c1-4-21(18(22)14-10-13(20)6-7-15(14)19)11-12-5-8-16(23-2)17(9-12)24-3/h5-10H,4,11H2,1-3H3. The second-order valence-electron chi connectivity index (χ2n) is 5.13. The largest absolute Gasteiger partial charge is 0.493 e. The van der Waals surface area contributed by atoms with Crippen molar-refractivity contribution in [2.24, 2.45) is 0 Å². The Kier molecular flexibility index (Phi) is 6.20. The maximum atomic E-state index is 13.5. The van der Waals surface area contributed by atoms with Gasteiger partial charge in [-0.3, -0.25) is 4.79 Å². The summed E-state index contributed by atoms with van der Waals surface area (Å²) in [6.07, 6.45) is 0. The van der Waals surface area contributed by atoms with E-state index >= 15 is 0 Å². The minimum absolute atomic E-state index is 0.237. The van der Waals surface area contributed by atoms with E-state index in [9.17, 15) is 9.18 Å². The van der Waals surface area contributed by atoms with Crippen LogP contribution in [-0.2, 0) is 6.54 Å². The van der Waals surface area contributed by atoms with Crippen LogP contribution in [0.2, 0.25) is 0 Å². The molecule has 6 heteroatoms. The van der Waals surface area contributed by atoms with Gasteiger partial charge in [0.2, 0.25) is 0 Å². The molecule has 0 aromatic heterocycles. The van der Waals surface area contributed by atoms with Crippen molar-refractivity contribution in [2.75, 3.05) is 20.8 Å². The van der Waals surface area contributed by atoms with Gasteiger partial charge in [-0.2, -0.15) is 0 Å². The van der Waals surface area contributed by atoms with E-state index in [4.69, 9.17) is 9.47 Å². The Morgan fingerprint density at radius 1 is 1.12 bits per heavy atom. The predicted octanol–water partition coefficient (Wildman–Crippen LogP) is 4.27. The first-order valence-corrected chi connectivity index (χ1v) is 8.24. The van der Waals surface area contributed by atoms with Crippen LogP contribution in [0.4, 0.5) is 4.39 Å². The van der Waals surface area contributed by atoms with Crippen molar-refractivity contribution in [1.29, 1.82) is 0 Å². The number of carbonyl (C=O) groups excluding carboxylic acids is 1. The number of nitrogens with zero attached hydrogens (tertiary/aromatic N) is 1. The van der Waals surface area contributed by atoms with Gasteiger partial charge in [0.1, 0.15) is 5.82 Å². The van der Waals surface area contributed by atoms with Crippen molar-refractivity contribution >= 4 is 21.8 Å². The first kappa shape index (κ1) is 18.3. The highest BCUT2D eigenvalue weighted by Crippen LogP contribution is 2.28. The zero-order valence-electron chi connectivity index (χ0n) is 13.8. The van der Waals surface area contributed by atoms with Gasteiger partial charge >= 0.3 is 0 Å². The topological polar surface area (TPSA) is 38.8 Å².